The second-order valence-corrected chi connectivity index (χ2v) is 4.32. The van der Waals surface area contributed by atoms with Crippen molar-refractivity contribution in [1.82, 2.24) is 0 Å². The summed E-state index contributed by atoms with van der Waals surface area (Å²) in [6, 6.07) is 3.24. The Hall–Kier alpha value is -0.480. The van der Waals surface area contributed by atoms with Crippen molar-refractivity contribution in [1.29, 1.82) is 0 Å². The first-order chi connectivity index (χ1) is 7.60. The fourth-order valence-electron chi connectivity index (χ4n) is 1.27. The van der Waals surface area contributed by atoms with E-state index < -0.39 is 0 Å². The first kappa shape index (κ1) is 13.6. The molecule has 0 fully saturated rings. The molecule has 5 heteroatoms. The van der Waals surface area contributed by atoms with E-state index in [0.717, 1.165) is 12.0 Å². The van der Waals surface area contributed by atoms with Gasteiger partial charge in [-0.1, -0.05) is 30.1 Å². The number of rotatable bonds is 5. The van der Waals surface area contributed by atoms with Gasteiger partial charge in [-0.15, -0.1) is 0 Å². The molecule has 0 amide bonds. The maximum Gasteiger partial charge on any atom is 0.156 e. The normalized spacial score (nSPS) is 12.6. The molecule has 0 bridgehead atoms. The van der Waals surface area contributed by atoms with Crippen LogP contribution in [0, 0.1) is 0 Å². The zero-order chi connectivity index (χ0) is 12.1. The molecule has 1 unspecified atom stereocenters. The van der Waals surface area contributed by atoms with E-state index in [2.05, 4.69) is 0 Å². The third-order valence-corrected chi connectivity index (χ3v) is 2.71. The minimum atomic E-state index is -0.254. The topological polar surface area (TPSA) is 61.3 Å². The molecule has 0 radical (unpaired) electrons. The minimum absolute atomic E-state index is 0.254. The van der Waals surface area contributed by atoms with Crippen LogP contribution in [-0.2, 0) is 0 Å². The van der Waals surface area contributed by atoms with E-state index in [1.807, 2.05) is 6.92 Å². The van der Waals surface area contributed by atoms with Crippen LogP contribution in [0.5, 0.6) is 5.75 Å². The lowest BCUT2D eigenvalue weighted by Gasteiger charge is -2.14. The second kappa shape index (κ2) is 6.30. The van der Waals surface area contributed by atoms with Crippen LogP contribution >= 0.6 is 23.2 Å². The lowest BCUT2D eigenvalue weighted by atomic mass is 10.1. The molecule has 0 aliphatic rings. The molecule has 0 spiro atoms. The molecule has 1 aromatic rings. The summed E-state index contributed by atoms with van der Waals surface area (Å²) in [6.07, 6.45) is 0.900. The van der Waals surface area contributed by atoms with Crippen molar-refractivity contribution in [3.8, 4) is 5.75 Å². The molecule has 0 aromatic heterocycles. The number of halogens is 2. The molecule has 0 aliphatic heterocycles. The number of hydrogen-bond acceptors (Lipinski definition) is 3. The van der Waals surface area contributed by atoms with Crippen molar-refractivity contribution in [3.05, 3.63) is 27.7 Å². The lowest BCUT2D eigenvalue weighted by molar-refractivity contribution is 0.317. The van der Waals surface area contributed by atoms with E-state index in [1.54, 1.807) is 12.1 Å². The van der Waals surface area contributed by atoms with Gasteiger partial charge in [0.05, 0.1) is 16.7 Å². The molecule has 0 aliphatic carbocycles. The van der Waals surface area contributed by atoms with Crippen molar-refractivity contribution in [2.24, 2.45) is 11.5 Å². The van der Waals surface area contributed by atoms with Crippen LogP contribution in [0.2, 0.25) is 10.0 Å². The molecule has 3 nitrogen and oxygen atoms in total. The average Bonchev–Trinajstić information content (AvgIpc) is 2.26. The van der Waals surface area contributed by atoms with Gasteiger partial charge in [0, 0.05) is 12.6 Å². The Labute approximate surface area is 106 Å². The van der Waals surface area contributed by atoms with Crippen LogP contribution in [0.1, 0.15) is 24.9 Å². The van der Waals surface area contributed by atoms with Gasteiger partial charge in [0.1, 0.15) is 0 Å². The Kier molecular flexibility index (Phi) is 5.35. The van der Waals surface area contributed by atoms with Crippen LogP contribution in [0.15, 0.2) is 12.1 Å². The lowest BCUT2D eigenvalue weighted by Crippen LogP contribution is -2.20. The highest BCUT2D eigenvalue weighted by Gasteiger charge is 2.12. The van der Waals surface area contributed by atoms with Gasteiger partial charge in [-0.2, -0.15) is 0 Å². The van der Waals surface area contributed by atoms with Crippen LogP contribution in [-0.4, -0.2) is 13.2 Å². The predicted octanol–water partition coefficient (Wildman–Crippen LogP) is 2.74. The summed E-state index contributed by atoms with van der Waals surface area (Å²) >= 11 is 12.1. The highest BCUT2D eigenvalue weighted by molar-refractivity contribution is 6.37. The summed E-state index contributed by atoms with van der Waals surface area (Å²) in [6.45, 7) is 2.95. The maximum absolute atomic E-state index is 6.07. The van der Waals surface area contributed by atoms with Gasteiger partial charge in [-0.3, -0.25) is 0 Å². The van der Waals surface area contributed by atoms with E-state index >= 15 is 0 Å². The van der Waals surface area contributed by atoms with Gasteiger partial charge in [-0.25, -0.2) is 0 Å². The molecule has 0 saturated heterocycles. The van der Waals surface area contributed by atoms with Crippen molar-refractivity contribution < 1.29 is 4.74 Å². The van der Waals surface area contributed by atoms with Gasteiger partial charge in [0.15, 0.2) is 5.75 Å². The van der Waals surface area contributed by atoms with Gasteiger partial charge in [0.2, 0.25) is 0 Å². The monoisotopic (exact) mass is 262 g/mol. The first-order valence-electron chi connectivity index (χ1n) is 5.17. The van der Waals surface area contributed by atoms with Crippen molar-refractivity contribution >= 4 is 23.2 Å². The molecule has 0 saturated carbocycles. The summed E-state index contributed by atoms with van der Waals surface area (Å²) in [4.78, 5) is 0. The van der Waals surface area contributed by atoms with Gasteiger partial charge in [-0.05, 0) is 24.1 Å². The van der Waals surface area contributed by atoms with Crippen LogP contribution in [0.25, 0.3) is 0 Å². The standard InChI is InChI=1S/C11H16Cl2N2O/c1-2-3-16-11-8(12)4-7(5-9(11)13)10(15)6-14/h4-5,10H,2-3,6,14-15H2,1H3. The smallest absolute Gasteiger partial charge is 0.156 e. The average molecular weight is 263 g/mol. The molecule has 1 rings (SSSR count). The van der Waals surface area contributed by atoms with E-state index in [9.17, 15) is 0 Å². The van der Waals surface area contributed by atoms with Crippen LogP contribution in [0.4, 0.5) is 0 Å². The highest BCUT2D eigenvalue weighted by Crippen LogP contribution is 2.35. The Morgan fingerprint density at radius 3 is 2.31 bits per heavy atom. The third-order valence-electron chi connectivity index (χ3n) is 2.15. The molecular weight excluding hydrogens is 247 g/mol. The fraction of sp³-hybridized carbons (Fsp3) is 0.455. The molecule has 1 aromatic carbocycles. The minimum Gasteiger partial charge on any atom is -0.490 e. The quantitative estimate of drug-likeness (QED) is 0.858. The molecule has 1 atom stereocenters. The zero-order valence-electron chi connectivity index (χ0n) is 9.17. The van der Waals surface area contributed by atoms with Gasteiger partial charge in [0.25, 0.3) is 0 Å². The number of benzene rings is 1. The molecule has 16 heavy (non-hydrogen) atoms. The van der Waals surface area contributed by atoms with Crippen molar-refractivity contribution in [2.75, 3.05) is 13.2 Å². The Morgan fingerprint density at radius 2 is 1.88 bits per heavy atom. The second-order valence-electron chi connectivity index (χ2n) is 3.50. The summed E-state index contributed by atoms with van der Waals surface area (Å²) < 4.78 is 5.45. The summed E-state index contributed by atoms with van der Waals surface area (Å²) in [5, 5.41) is 0.944. The number of hydrogen-bond donors (Lipinski definition) is 2. The van der Waals surface area contributed by atoms with Gasteiger partial charge >= 0.3 is 0 Å². The molecule has 4 N–H and O–H groups in total. The largest absolute Gasteiger partial charge is 0.490 e. The zero-order valence-corrected chi connectivity index (χ0v) is 10.7. The van der Waals surface area contributed by atoms with E-state index in [-0.39, 0.29) is 6.04 Å². The van der Waals surface area contributed by atoms with Gasteiger partial charge < -0.3 is 16.2 Å². The Morgan fingerprint density at radius 1 is 1.31 bits per heavy atom. The fourth-order valence-corrected chi connectivity index (χ4v) is 1.88. The van der Waals surface area contributed by atoms with Crippen molar-refractivity contribution in [3.63, 3.8) is 0 Å². The SMILES string of the molecule is CCCOc1c(Cl)cc(C(N)CN)cc1Cl. The first-order valence-corrected chi connectivity index (χ1v) is 5.93. The summed E-state index contributed by atoms with van der Waals surface area (Å²) in [5.41, 5.74) is 12.1. The predicted molar refractivity (Wildman–Crippen MR) is 68.2 cm³/mol. The van der Waals surface area contributed by atoms with E-state index in [0.29, 0.717) is 28.9 Å². The molecule has 90 valence electrons. The summed E-state index contributed by atoms with van der Waals surface area (Å²) in [5.74, 6) is 0.512. The highest BCUT2D eigenvalue weighted by atomic mass is 35.5. The molecular formula is C11H16Cl2N2O. The Bertz CT molecular complexity index is 335. The van der Waals surface area contributed by atoms with E-state index in [4.69, 9.17) is 39.4 Å². The van der Waals surface area contributed by atoms with Crippen LogP contribution in [0.3, 0.4) is 0 Å². The third kappa shape index (κ3) is 3.25. The molecule has 0 heterocycles. The number of ether oxygens (including phenoxy) is 1. The Balaban J connectivity index is 2.97. The summed E-state index contributed by atoms with van der Waals surface area (Å²) in [7, 11) is 0. The van der Waals surface area contributed by atoms with Crippen LogP contribution < -0.4 is 16.2 Å². The van der Waals surface area contributed by atoms with E-state index in [1.165, 1.54) is 0 Å². The van der Waals surface area contributed by atoms with Crippen molar-refractivity contribution in [2.45, 2.75) is 19.4 Å². The maximum atomic E-state index is 6.07. The number of nitrogens with two attached hydrogens (primary N) is 2.